The van der Waals surface area contributed by atoms with Gasteiger partial charge in [-0.15, -0.1) is 11.3 Å². The maximum absolute atomic E-state index is 2.54. The van der Waals surface area contributed by atoms with Crippen LogP contribution in [0, 0.1) is 27.7 Å². The highest BCUT2D eigenvalue weighted by Gasteiger charge is 2.48. The number of hydrogen-bond donors (Lipinski definition) is 0. The van der Waals surface area contributed by atoms with Crippen LogP contribution >= 0.6 is 11.3 Å². The molecule has 0 N–H and O–H groups in total. The third-order valence-corrected chi connectivity index (χ3v) is 17.2. The molecule has 3 heteroatoms. The minimum Gasteiger partial charge on any atom is -0.310 e. The average Bonchev–Trinajstić information content (AvgIpc) is 3.80. The highest BCUT2D eigenvalue weighted by Crippen LogP contribution is 2.61. The Bertz CT molecular complexity index is 3980. The molecule has 11 aromatic carbocycles. The van der Waals surface area contributed by atoms with E-state index in [-0.39, 0.29) is 0 Å². The van der Waals surface area contributed by atoms with Crippen LogP contribution < -0.4 is 9.80 Å². The second-order valence-corrected chi connectivity index (χ2v) is 21.4. The summed E-state index contributed by atoms with van der Waals surface area (Å²) < 4.78 is 2.59. The molecule has 0 saturated heterocycles. The largest absolute Gasteiger partial charge is 0.310 e. The van der Waals surface area contributed by atoms with Crippen molar-refractivity contribution in [2.75, 3.05) is 9.80 Å². The maximum Gasteiger partial charge on any atom is 0.0742 e. The number of fused-ring (bicyclic) bond motifs is 8. The monoisotopic (exact) mass is 952 g/mol. The molecule has 2 nitrogen and oxygen atoms in total. The van der Waals surface area contributed by atoms with E-state index >= 15 is 0 Å². The second kappa shape index (κ2) is 16.5. The lowest BCUT2D eigenvalue weighted by atomic mass is 9.62. The Morgan fingerprint density at radius 1 is 0.288 bits per heavy atom. The Kier molecular flexibility index (Phi) is 9.80. The molecule has 0 bridgehead atoms. The summed E-state index contributed by atoms with van der Waals surface area (Å²) in [5.74, 6) is 0. The van der Waals surface area contributed by atoms with E-state index in [0.717, 1.165) is 11.4 Å². The Morgan fingerprint density at radius 2 is 0.658 bits per heavy atom. The van der Waals surface area contributed by atoms with Crippen molar-refractivity contribution in [3.63, 3.8) is 0 Å². The normalized spacial score (nSPS) is 14.2. The molecule has 348 valence electrons. The number of para-hydroxylation sites is 3. The van der Waals surface area contributed by atoms with Crippen LogP contribution in [0.25, 0.3) is 30.9 Å². The standard InChI is InChI=1S/C70H52N2S/c1-45-21-31-51(32-22-45)69(52-33-23-46(2)24-34-52)59-14-6-9-17-63(59)71(64-18-10-7-15-60(64)69)55-39-29-50-42-56(40-30-49(50)41-55)72-65-19-11-8-16-61(65)70(53-35-25-47(3)26-36-53,54-37-27-48(4)28-38-54)62-43-58-57-13-5-12-20-67(57)73-68(58)44-66(62)72/h5-44H,1-4H3. The second-order valence-electron chi connectivity index (χ2n) is 20.4. The number of benzene rings is 11. The van der Waals surface area contributed by atoms with E-state index in [1.54, 1.807) is 0 Å². The summed E-state index contributed by atoms with van der Waals surface area (Å²) in [4.78, 5) is 5.02. The molecule has 0 atom stereocenters. The topological polar surface area (TPSA) is 6.48 Å². The third-order valence-electron chi connectivity index (χ3n) is 16.0. The predicted molar refractivity (Wildman–Crippen MR) is 309 cm³/mol. The maximum atomic E-state index is 2.54. The molecule has 2 aliphatic heterocycles. The molecule has 3 heterocycles. The number of hydrogen-bond acceptors (Lipinski definition) is 3. The van der Waals surface area contributed by atoms with Gasteiger partial charge in [0.2, 0.25) is 0 Å². The zero-order chi connectivity index (χ0) is 49.0. The smallest absolute Gasteiger partial charge is 0.0742 e. The van der Waals surface area contributed by atoms with E-state index in [1.807, 2.05) is 11.3 Å². The highest BCUT2D eigenvalue weighted by atomic mass is 32.1. The Balaban J connectivity index is 0.961. The van der Waals surface area contributed by atoms with E-state index in [9.17, 15) is 0 Å². The van der Waals surface area contributed by atoms with Gasteiger partial charge in [-0.1, -0.05) is 204 Å². The minimum atomic E-state index is -0.593. The molecule has 0 spiro atoms. The highest BCUT2D eigenvalue weighted by molar-refractivity contribution is 7.25. The molecular weight excluding hydrogens is 901 g/mol. The molecule has 0 saturated carbocycles. The van der Waals surface area contributed by atoms with Gasteiger partial charge in [-0.3, -0.25) is 0 Å². The SMILES string of the molecule is Cc1ccc(C2(c3ccc(C)cc3)c3ccccc3N(c3ccc4cc(N5c6ccccc6C(c6ccc(C)cc6)(c6ccc(C)cc6)c6cc7c(cc65)sc5ccccc57)ccc4c3)c3ccccc32)cc1. The minimum absolute atomic E-state index is 0.532. The summed E-state index contributed by atoms with van der Waals surface area (Å²) >= 11 is 1.88. The van der Waals surface area contributed by atoms with E-state index in [1.165, 1.54) is 120 Å². The van der Waals surface area contributed by atoms with Crippen LogP contribution in [0.4, 0.5) is 34.1 Å². The lowest BCUT2D eigenvalue weighted by Crippen LogP contribution is -2.37. The molecule has 1 aromatic heterocycles. The van der Waals surface area contributed by atoms with Gasteiger partial charge in [-0.05, 0) is 144 Å². The first-order valence-electron chi connectivity index (χ1n) is 25.5. The molecule has 12 aromatic rings. The van der Waals surface area contributed by atoms with Crippen molar-refractivity contribution in [2.24, 2.45) is 0 Å². The quantitative estimate of drug-likeness (QED) is 0.164. The van der Waals surface area contributed by atoms with E-state index in [2.05, 4.69) is 280 Å². The third kappa shape index (κ3) is 6.41. The van der Waals surface area contributed by atoms with Gasteiger partial charge in [0.15, 0.2) is 0 Å². The van der Waals surface area contributed by atoms with E-state index in [4.69, 9.17) is 0 Å². The van der Waals surface area contributed by atoms with Crippen LogP contribution in [0.1, 0.15) is 66.8 Å². The Labute approximate surface area is 431 Å². The molecule has 73 heavy (non-hydrogen) atoms. The van der Waals surface area contributed by atoms with Gasteiger partial charge in [0.1, 0.15) is 0 Å². The first-order valence-corrected chi connectivity index (χ1v) is 26.3. The number of anilines is 6. The van der Waals surface area contributed by atoms with Crippen molar-refractivity contribution in [3.8, 4) is 0 Å². The lowest BCUT2D eigenvalue weighted by molar-refractivity contribution is 0.730. The predicted octanol–water partition coefficient (Wildman–Crippen LogP) is 18.8. The van der Waals surface area contributed by atoms with Crippen molar-refractivity contribution >= 4 is 76.4 Å². The fraction of sp³-hybridized carbons (Fsp3) is 0.0857. The fourth-order valence-electron chi connectivity index (χ4n) is 12.6. The van der Waals surface area contributed by atoms with Crippen molar-refractivity contribution < 1.29 is 0 Å². The number of thiophene rings is 1. The first-order chi connectivity index (χ1) is 35.8. The first kappa shape index (κ1) is 43.3. The zero-order valence-corrected chi connectivity index (χ0v) is 42.2. The molecule has 0 fully saturated rings. The van der Waals surface area contributed by atoms with Gasteiger partial charge in [-0.2, -0.15) is 0 Å². The van der Waals surface area contributed by atoms with Crippen LogP contribution in [0.5, 0.6) is 0 Å². The van der Waals surface area contributed by atoms with E-state index in [0.29, 0.717) is 0 Å². The van der Waals surface area contributed by atoms with Gasteiger partial charge in [0, 0.05) is 31.5 Å². The van der Waals surface area contributed by atoms with Gasteiger partial charge in [-0.25, -0.2) is 0 Å². The zero-order valence-electron chi connectivity index (χ0n) is 41.4. The molecule has 0 unspecified atom stereocenters. The van der Waals surface area contributed by atoms with Crippen LogP contribution in [0.3, 0.4) is 0 Å². The number of aryl methyl sites for hydroxylation is 4. The molecule has 14 rings (SSSR count). The van der Waals surface area contributed by atoms with Crippen LogP contribution in [-0.4, -0.2) is 0 Å². The summed E-state index contributed by atoms with van der Waals surface area (Å²) in [6.07, 6.45) is 0. The molecule has 0 aliphatic carbocycles. The lowest BCUT2D eigenvalue weighted by Gasteiger charge is -2.47. The summed E-state index contributed by atoms with van der Waals surface area (Å²) in [5.41, 5.74) is 21.0. The number of rotatable bonds is 6. The van der Waals surface area contributed by atoms with Crippen molar-refractivity contribution in [3.05, 3.63) is 309 Å². The van der Waals surface area contributed by atoms with Crippen LogP contribution in [0.15, 0.2) is 243 Å². The van der Waals surface area contributed by atoms with Gasteiger partial charge < -0.3 is 9.80 Å². The van der Waals surface area contributed by atoms with E-state index < -0.39 is 10.8 Å². The summed E-state index contributed by atoms with van der Waals surface area (Å²) in [5, 5.41) is 4.96. The Hall–Kier alpha value is -8.50. The Morgan fingerprint density at radius 3 is 1.10 bits per heavy atom. The summed E-state index contributed by atoms with van der Waals surface area (Å²) in [7, 11) is 0. The summed E-state index contributed by atoms with van der Waals surface area (Å²) in [6, 6.07) is 92.2. The molecular formula is C70H52N2S. The van der Waals surface area contributed by atoms with Gasteiger partial charge in [0.25, 0.3) is 0 Å². The fourth-order valence-corrected chi connectivity index (χ4v) is 13.7. The number of nitrogens with zero attached hydrogens (tertiary/aromatic N) is 2. The average molecular weight is 953 g/mol. The van der Waals surface area contributed by atoms with Gasteiger partial charge in [0.05, 0.1) is 33.6 Å². The van der Waals surface area contributed by atoms with Crippen molar-refractivity contribution in [2.45, 2.75) is 38.5 Å². The molecule has 0 radical (unpaired) electrons. The molecule has 0 amide bonds. The van der Waals surface area contributed by atoms with Crippen molar-refractivity contribution in [1.82, 2.24) is 0 Å². The summed E-state index contributed by atoms with van der Waals surface area (Å²) in [6.45, 7) is 8.72. The van der Waals surface area contributed by atoms with Crippen molar-refractivity contribution in [1.29, 1.82) is 0 Å². The van der Waals surface area contributed by atoms with Crippen LogP contribution in [0.2, 0.25) is 0 Å². The van der Waals surface area contributed by atoms with Crippen LogP contribution in [-0.2, 0) is 10.8 Å². The van der Waals surface area contributed by atoms with Gasteiger partial charge >= 0.3 is 0 Å². The molecule has 2 aliphatic rings.